The number of rotatable bonds is 2. The van der Waals surface area contributed by atoms with Gasteiger partial charge in [0.25, 0.3) is 5.91 Å². The topological polar surface area (TPSA) is 61.9 Å². The smallest absolute Gasteiger partial charge is 0.253 e. The van der Waals surface area contributed by atoms with Crippen LogP contribution < -0.4 is 5.32 Å². The average Bonchev–Trinajstić information content (AvgIpc) is 2.88. The molecule has 7 heteroatoms. The Hall–Kier alpha value is -1.99. The number of benzene rings is 1. The van der Waals surface area contributed by atoms with Crippen LogP contribution in [0.15, 0.2) is 24.3 Å². The van der Waals surface area contributed by atoms with Gasteiger partial charge in [0.2, 0.25) is 5.91 Å². The van der Waals surface area contributed by atoms with Gasteiger partial charge in [-0.1, -0.05) is 0 Å². The summed E-state index contributed by atoms with van der Waals surface area (Å²) in [4.78, 5) is 28.8. The van der Waals surface area contributed by atoms with Gasteiger partial charge in [0.1, 0.15) is 11.9 Å². The molecule has 1 aromatic rings. The summed E-state index contributed by atoms with van der Waals surface area (Å²) in [5, 5.41) is 3.22. The van der Waals surface area contributed by atoms with Crippen LogP contribution in [0.4, 0.5) is 4.39 Å². The van der Waals surface area contributed by atoms with Crippen molar-refractivity contribution in [2.24, 2.45) is 0 Å². The molecule has 2 fully saturated rings. The molecule has 0 radical (unpaired) electrons. The lowest BCUT2D eigenvalue weighted by molar-refractivity contribution is -0.139. The van der Waals surface area contributed by atoms with Crippen LogP contribution in [0.2, 0.25) is 0 Å². The maximum Gasteiger partial charge on any atom is 0.253 e. The summed E-state index contributed by atoms with van der Waals surface area (Å²) >= 11 is 0. The van der Waals surface area contributed by atoms with Crippen LogP contribution in [0.25, 0.3) is 0 Å². The van der Waals surface area contributed by atoms with E-state index in [1.54, 1.807) is 9.80 Å². The zero-order valence-corrected chi connectivity index (χ0v) is 14.4. The molecule has 136 valence electrons. The highest BCUT2D eigenvalue weighted by atomic mass is 19.1. The highest BCUT2D eigenvalue weighted by Crippen LogP contribution is 2.13. The Morgan fingerprint density at radius 3 is 2.52 bits per heavy atom. The summed E-state index contributed by atoms with van der Waals surface area (Å²) in [5.74, 6) is -0.453. The Morgan fingerprint density at radius 1 is 1.12 bits per heavy atom. The number of hydrogen-bond donors (Lipinski definition) is 1. The first kappa shape index (κ1) is 17.8. The van der Waals surface area contributed by atoms with Crippen molar-refractivity contribution in [3.8, 4) is 0 Å². The summed E-state index contributed by atoms with van der Waals surface area (Å²) < 4.78 is 18.6. The summed E-state index contributed by atoms with van der Waals surface area (Å²) in [6.45, 7) is 5.37. The first-order valence-electron chi connectivity index (χ1n) is 8.75. The van der Waals surface area contributed by atoms with Crippen LogP contribution in [0.5, 0.6) is 0 Å². The predicted molar refractivity (Wildman–Crippen MR) is 90.7 cm³/mol. The van der Waals surface area contributed by atoms with Gasteiger partial charge in [-0.15, -0.1) is 0 Å². The Labute approximate surface area is 146 Å². The highest BCUT2D eigenvalue weighted by molar-refractivity contribution is 5.94. The van der Waals surface area contributed by atoms with Crippen molar-refractivity contribution in [1.29, 1.82) is 0 Å². The number of amides is 2. The van der Waals surface area contributed by atoms with E-state index in [1.165, 1.54) is 24.3 Å². The standard InChI is InChI=1S/C18H24FN3O3/c1-13-16(20-7-12-25-13)18(24)22-9-2-8-21(10-11-22)17(23)14-3-5-15(19)6-4-14/h3-6,13,16,20H,2,7-12H2,1H3/t13-,16+/m1/s1. The van der Waals surface area contributed by atoms with Crippen molar-refractivity contribution in [1.82, 2.24) is 15.1 Å². The average molecular weight is 349 g/mol. The molecule has 25 heavy (non-hydrogen) atoms. The zero-order chi connectivity index (χ0) is 17.8. The Kier molecular flexibility index (Phi) is 5.65. The lowest BCUT2D eigenvalue weighted by Crippen LogP contribution is -2.56. The molecule has 2 aliphatic heterocycles. The Balaban J connectivity index is 1.61. The molecule has 2 heterocycles. The molecule has 2 saturated heterocycles. The predicted octanol–water partition coefficient (Wildman–Crippen LogP) is 0.877. The lowest BCUT2D eigenvalue weighted by Gasteiger charge is -2.33. The number of nitrogens with zero attached hydrogens (tertiary/aromatic N) is 2. The van der Waals surface area contributed by atoms with E-state index in [2.05, 4.69) is 5.32 Å². The van der Waals surface area contributed by atoms with E-state index < -0.39 is 0 Å². The van der Waals surface area contributed by atoms with Crippen molar-refractivity contribution in [3.05, 3.63) is 35.6 Å². The molecular formula is C18H24FN3O3. The first-order chi connectivity index (χ1) is 12.1. The fourth-order valence-corrected chi connectivity index (χ4v) is 3.32. The van der Waals surface area contributed by atoms with Crippen LogP contribution in [0.1, 0.15) is 23.7 Å². The number of ether oxygens (including phenoxy) is 1. The largest absolute Gasteiger partial charge is 0.375 e. The monoisotopic (exact) mass is 349 g/mol. The van der Waals surface area contributed by atoms with Gasteiger partial charge in [-0.2, -0.15) is 0 Å². The molecule has 0 unspecified atom stereocenters. The third kappa shape index (κ3) is 4.16. The molecule has 0 saturated carbocycles. The second-order valence-electron chi connectivity index (χ2n) is 6.49. The van der Waals surface area contributed by atoms with Gasteiger partial charge < -0.3 is 19.9 Å². The molecule has 2 amide bonds. The molecule has 0 spiro atoms. The van der Waals surface area contributed by atoms with Gasteiger partial charge >= 0.3 is 0 Å². The number of nitrogens with one attached hydrogen (secondary N) is 1. The summed E-state index contributed by atoms with van der Waals surface area (Å²) in [7, 11) is 0. The summed E-state index contributed by atoms with van der Waals surface area (Å²) in [5.41, 5.74) is 0.470. The number of hydrogen-bond acceptors (Lipinski definition) is 4. The normalized spacial score (nSPS) is 24.7. The molecule has 6 nitrogen and oxygen atoms in total. The number of morpholine rings is 1. The maximum absolute atomic E-state index is 13.0. The van der Waals surface area contributed by atoms with Crippen LogP contribution in [-0.2, 0) is 9.53 Å². The van der Waals surface area contributed by atoms with E-state index in [-0.39, 0.29) is 29.8 Å². The Bertz CT molecular complexity index is 622. The van der Waals surface area contributed by atoms with Crippen molar-refractivity contribution in [2.45, 2.75) is 25.5 Å². The lowest BCUT2D eigenvalue weighted by atomic mass is 10.1. The zero-order valence-electron chi connectivity index (χ0n) is 14.4. The van der Waals surface area contributed by atoms with Crippen molar-refractivity contribution < 1.29 is 18.7 Å². The van der Waals surface area contributed by atoms with Gasteiger partial charge in [0.15, 0.2) is 0 Å². The van der Waals surface area contributed by atoms with Gasteiger partial charge in [0, 0.05) is 38.3 Å². The van der Waals surface area contributed by atoms with Gasteiger partial charge in [-0.3, -0.25) is 9.59 Å². The molecule has 0 aromatic heterocycles. The molecule has 2 atom stereocenters. The third-order valence-corrected chi connectivity index (χ3v) is 4.77. The fraction of sp³-hybridized carbons (Fsp3) is 0.556. The number of carbonyl (C=O) groups excluding carboxylic acids is 2. The van der Waals surface area contributed by atoms with E-state index in [9.17, 15) is 14.0 Å². The minimum Gasteiger partial charge on any atom is -0.375 e. The van der Waals surface area contributed by atoms with Crippen molar-refractivity contribution in [3.63, 3.8) is 0 Å². The summed E-state index contributed by atoms with van der Waals surface area (Å²) in [6, 6.07) is 5.24. The highest BCUT2D eigenvalue weighted by Gasteiger charge is 2.33. The Morgan fingerprint density at radius 2 is 1.80 bits per heavy atom. The van der Waals surface area contributed by atoms with E-state index in [1.807, 2.05) is 6.92 Å². The van der Waals surface area contributed by atoms with E-state index in [4.69, 9.17) is 4.74 Å². The van der Waals surface area contributed by atoms with Crippen LogP contribution in [-0.4, -0.2) is 73.1 Å². The molecule has 0 bridgehead atoms. The van der Waals surface area contributed by atoms with E-state index in [0.717, 1.165) is 6.42 Å². The number of halogens is 1. The van der Waals surface area contributed by atoms with Crippen LogP contribution >= 0.6 is 0 Å². The van der Waals surface area contributed by atoms with E-state index in [0.29, 0.717) is 44.9 Å². The van der Waals surface area contributed by atoms with Crippen LogP contribution in [0, 0.1) is 5.82 Å². The molecule has 2 aliphatic rings. The van der Waals surface area contributed by atoms with E-state index >= 15 is 0 Å². The molecule has 1 aromatic carbocycles. The quantitative estimate of drug-likeness (QED) is 0.861. The molecule has 1 N–H and O–H groups in total. The van der Waals surface area contributed by atoms with Gasteiger partial charge in [-0.25, -0.2) is 4.39 Å². The second-order valence-corrected chi connectivity index (χ2v) is 6.49. The van der Waals surface area contributed by atoms with Crippen molar-refractivity contribution >= 4 is 11.8 Å². The summed E-state index contributed by atoms with van der Waals surface area (Å²) in [6.07, 6.45) is 0.571. The maximum atomic E-state index is 13.0. The third-order valence-electron chi connectivity index (χ3n) is 4.77. The number of carbonyl (C=O) groups is 2. The molecule has 3 rings (SSSR count). The fourth-order valence-electron chi connectivity index (χ4n) is 3.32. The molecular weight excluding hydrogens is 325 g/mol. The first-order valence-corrected chi connectivity index (χ1v) is 8.75. The minimum absolute atomic E-state index is 0.0308. The SMILES string of the molecule is C[C@H]1OCCN[C@@H]1C(=O)N1CCCN(C(=O)c2ccc(F)cc2)CC1. The van der Waals surface area contributed by atoms with Crippen molar-refractivity contribution in [2.75, 3.05) is 39.3 Å². The molecule has 0 aliphatic carbocycles. The van der Waals surface area contributed by atoms with Gasteiger partial charge in [0.05, 0.1) is 12.7 Å². The second kappa shape index (κ2) is 7.93. The van der Waals surface area contributed by atoms with Gasteiger partial charge in [-0.05, 0) is 37.6 Å². The minimum atomic E-state index is -0.361. The van der Waals surface area contributed by atoms with Crippen LogP contribution in [0.3, 0.4) is 0 Å².